The van der Waals surface area contributed by atoms with Gasteiger partial charge < -0.3 is 9.84 Å². The fraction of sp³-hybridized carbons (Fsp3) is 0.844. The Hall–Kier alpha value is -1.67. The fourth-order valence-corrected chi connectivity index (χ4v) is 11.2. The highest BCUT2D eigenvalue weighted by Crippen LogP contribution is 2.76. The van der Waals surface area contributed by atoms with Gasteiger partial charge in [0.15, 0.2) is 5.78 Å². The predicted octanol–water partition coefficient (Wildman–Crippen LogP) is 6.25. The van der Waals surface area contributed by atoms with Crippen LogP contribution >= 0.6 is 0 Å². The molecule has 9 atom stereocenters. The van der Waals surface area contributed by atoms with Crippen LogP contribution in [0.2, 0.25) is 0 Å². The summed E-state index contributed by atoms with van der Waals surface area (Å²) in [6, 6.07) is 2.22. The smallest absolute Gasteiger partial charge is 0.312 e. The first kappa shape index (κ1) is 26.9. The third-order valence-electron chi connectivity index (χ3n) is 13.3. The molecule has 0 aromatic carbocycles. The van der Waals surface area contributed by atoms with Gasteiger partial charge in [-0.15, -0.1) is 0 Å². The van der Waals surface area contributed by atoms with Gasteiger partial charge in [0, 0.05) is 5.41 Å². The van der Waals surface area contributed by atoms with Crippen LogP contribution in [0.3, 0.4) is 0 Å². The Labute approximate surface area is 223 Å². The van der Waals surface area contributed by atoms with E-state index in [1.807, 2.05) is 19.9 Å². The minimum absolute atomic E-state index is 0.0268. The summed E-state index contributed by atoms with van der Waals surface area (Å²) in [5, 5.41) is 22.0. The van der Waals surface area contributed by atoms with E-state index in [4.69, 9.17) is 4.74 Å². The molecule has 1 N–H and O–H groups in total. The Balaban J connectivity index is 1.64. The van der Waals surface area contributed by atoms with E-state index in [9.17, 15) is 20.0 Å². The minimum Gasteiger partial charge on any atom is -0.469 e. The summed E-state index contributed by atoms with van der Waals surface area (Å²) < 4.78 is 5.45. The second kappa shape index (κ2) is 7.93. The highest BCUT2D eigenvalue weighted by Gasteiger charge is 2.73. The lowest BCUT2D eigenvalue weighted by Crippen LogP contribution is -2.70. The largest absolute Gasteiger partial charge is 0.469 e. The first-order valence-corrected chi connectivity index (χ1v) is 14.5. The van der Waals surface area contributed by atoms with Crippen LogP contribution in [-0.4, -0.2) is 30.1 Å². The maximum Gasteiger partial charge on any atom is 0.312 e. The van der Waals surface area contributed by atoms with Gasteiger partial charge in [-0.3, -0.25) is 9.59 Å². The maximum absolute atomic E-state index is 13.4. The molecule has 4 saturated carbocycles. The molecule has 0 unspecified atom stereocenters. The van der Waals surface area contributed by atoms with E-state index < -0.39 is 16.9 Å². The Morgan fingerprint density at radius 2 is 1.65 bits per heavy atom. The van der Waals surface area contributed by atoms with Crippen molar-refractivity contribution in [2.45, 2.75) is 106 Å². The predicted molar refractivity (Wildman–Crippen MR) is 142 cm³/mol. The number of ketones is 1. The van der Waals surface area contributed by atoms with Crippen LogP contribution in [0.25, 0.3) is 0 Å². The van der Waals surface area contributed by atoms with E-state index >= 15 is 0 Å². The molecule has 0 aromatic heterocycles. The number of aliphatic hydroxyl groups excluding tert-OH is 1. The van der Waals surface area contributed by atoms with Crippen molar-refractivity contribution in [1.29, 1.82) is 5.26 Å². The first-order valence-electron chi connectivity index (χ1n) is 14.5. The van der Waals surface area contributed by atoms with Crippen molar-refractivity contribution in [3.8, 4) is 6.07 Å². The number of Topliss-reactive ketones (excluding diaryl/α,β-unsaturated/α-hetero) is 1. The number of hydrogen-bond acceptors (Lipinski definition) is 5. The van der Waals surface area contributed by atoms with Crippen molar-refractivity contribution < 1.29 is 19.4 Å². The molecule has 204 valence electrons. The summed E-state index contributed by atoms with van der Waals surface area (Å²) in [5.74, 6) is 0.300. The zero-order valence-electron chi connectivity index (χ0n) is 24.2. The minimum atomic E-state index is -0.599. The molecule has 5 heteroatoms. The van der Waals surface area contributed by atoms with Crippen LogP contribution in [0.1, 0.15) is 99.8 Å². The molecule has 5 rings (SSSR count). The number of carbonyl (C=O) groups is 2. The second-order valence-electron chi connectivity index (χ2n) is 15.5. The van der Waals surface area contributed by atoms with E-state index in [0.29, 0.717) is 6.42 Å². The molecule has 0 aromatic rings. The highest BCUT2D eigenvalue weighted by atomic mass is 16.5. The van der Waals surface area contributed by atoms with Crippen molar-refractivity contribution in [3.05, 3.63) is 11.6 Å². The maximum atomic E-state index is 13.4. The normalized spacial score (nSPS) is 49.8. The molecule has 37 heavy (non-hydrogen) atoms. The monoisotopic (exact) mass is 509 g/mol. The van der Waals surface area contributed by atoms with Gasteiger partial charge in [0.25, 0.3) is 0 Å². The zero-order chi connectivity index (χ0) is 27.4. The van der Waals surface area contributed by atoms with Crippen molar-refractivity contribution in [2.75, 3.05) is 7.11 Å². The summed E-state index contributed by atoms with van der Waals surface area (Å²) in [4.78, 5) is 26.7. The Bertz CT molecular complexity index is 1100. The van der Waals surface area contributed by atoms with E-state index in [1.165, 1.54) is 7.11 Å². The molecule has 0 bridgehead atoms. The summed E-state index contributed by atoms with van der Waals surface area (Å²) >= 11 is 0. The Morgan fingerprint density at radius 3 is 2.27 bits per heavy atom. The molecule has 0 aliphatic heterocycles. The quantitative estimate of drug-likeness (QED) is 0.422. The third-order valence-corrected chi connectivity index (χ3v) is 13.3. The van der Waals surface area contributed by atoms with E-state index in [-0.39, 0.29) is 62.7 Å². The lowest BCUT2D eigenvalue weighted by molar-refractivity contribution is -0.260. The average molecular weight is 510 g/mol. The first-order chi connectivity index (χ1) is 17.0. The highest BCUT2D eigenvalue weighted by molar-refractivity contribution is 6.04. The lowest BCUT2D eigenvalue weighted by atomic mass is 9.31. The number of nitriles is 1. The number of ether oxygens (including phenoxy) is 1. The molecule has 0 spiro atoms. The number of carbonyl (C=O) groups excluding carboxylic acids is 2. The van der Waals surface area contributed by atoms with Crippen molar-refractivity contribution >= 4 is 11.8 Å². The second-order valence-corrected chi connectivity index (χ2v) is 15.5. The number of fused-ring (bicyclic) bond motifs is 7. The summed E-state index contributed by atoms with van der Waals surface area (Å²) in [5.41, 5.74) is -1.25. The Morgan fingerprint density at radius 1 is 1.00 bits per heavy atom. The van der Waals surface area contributed by atoms with Crippen molar-refractivity contribution in [1.82, 2.24) is 0 Å². The van der Waals surface area contributed by atoms with Gasteiger partial charge in [-0.25, -0.2) is 0 Å². The molecule has 0 amide bonds. The van der Waals surface area contributed by atoms with Gasteiger partial charge in [-0.2, -0.15) is 5.26 Å². The topological polar surface area (TPSA) is 87.4 Å². The molecule has 0 heterocycles. The van der Waals surface area contributed by atoms with Crippen LogP contribution in [0.5, 0.6) is 0 Å². The summed E-state index contributed by atoms with van der Waals surface area (Å²) in [6.45, 7) is 15.7. The van der Waals surface area contributed by atoms with Crippen LogP contribution in [-0.2, 0) is 14.3 Å². The molecule has 5 aliphatic carbocycles. The summed E-state index contributed by atoms with van der Waals surface area (Å²) in [6.07, 6.45) is 8.54. The van der Waals surface area contributed by atoms with Gasteiger partial charge >= 0.3 is 5.97 Å². The van der Waals surface area contributed by atoms with E-state index in [1.54, 1.807) is 0 Å². The SMILES string of the molecule is COC(=O)[C@]12CCC(C)(C)C[C@@H]1[C@H]1[C@@H](O)C[C@@H]3[C@@]4(C)C=C(C#N)C(=O)C(C)(C)[C@@H]4CC[C@@]3(C)[C@]1(C)CC2. The molecule has 0 saturated heterocycles. The third kappa shape index (κ3) is 3.23. The van der Waals surface area contributed by atoms with Crippen LogP contribution in [0.15, 0.2) is 11.6 Å². The number of nitrogens with zero attached hydrogens (tertiary/aromatic N) is 1. The number of allylic oxidation sites excluding steroid dienone is 2. The number of hydrogen-bond donors (Lipinski definition) is 1. The van der Waals surface area contributed by atoms with Crippen molar-refractivity contribution in [2.24, 2.45) is 56.2 Å². The molecule has 5 nitrogen and oxygen atoms in total. The molecule has 5 aliphatic rings. The van der Waals surface area contributed by atoms with Crippen LogP contribution < -0.4 is 0 Å². The van der Waals surface area contributed by atoms with Crippen molar-refractivity contribution in [3.63, 3.8) is 0 Å². The molecular formula is C32H47NO4. The Kier molecular flexibility index (Phi) is 5.77. The summed E-state index contributed by atoms with van der Waals surface area (Å²) in [7, 11) is 1.52. The fourth-order valence-electron chi connectivity index (χ4n) is 11.2. The number of aliphatic hydroxyl groups is 1. The van der Waals surface area contributed by atoms with Crippen LogP contribution in [0, 0.1) is 67.5 Å². The number of esters is 1. The molecule has 0 radical (unpaired) electrons. The lowest BCUT2D eigenvalue weighted by Gasteiger charge is -2.73. The zero-order valence-corrected chi connectivity index (χ0v) is 24.2. The van der Waals surface area contributed by atoms with Gasteiger partial charge in [-0.1, -0.05) is 54.5 Å². The molecule has 4 fully saturated rings. The van der Waals surface area contributed by atoms with Gasteiger partial charge in [0.05, 0.1) is 24.2 Å². The van der Waals surface area contributed by atoms with E-state index in [0.717, 1.165) is 44.9 Å². The van der Waals surface area contributed by atoms with Gasteiger partial charge in [0.1, 0.15) is 6.07 Å². The van der Waals surface area contributed by atoms with Crippen LogP contribution in [0.4, 0.5) is 0 Å². The van der Waals surface area contributed by atoms with Gasteiger partial charge in [-0.05, 0) is 96.7 Å². The number of rotatable bonds is 1. The standard InChI is InChI=1S/C32H47NO4/c1-27(2)11-13-32(26(36)37-8)14-12-31(7)24(20(32)17-27)21(34)15-23-29(5)16-19(18-33)25(35)28(3,4)22(29)9-10-30(23,31)6/h16,20-24,34H,9-15,17H2,1-8H3/t20-,21+,22+,23-,24+,29+,30-,31-,32+/m1/s1. The van der Waals surface area contributed by atoms with Gasteiger partial charge in [0.2, 0.25) is 0 Å². The average Bonchev–Trinajstić information content (AvgIpc) is 2.82. The van der Waals surface area contributed by atoms with E-state index in [2.05, 4.69) is 40.7 Å². The molecular weight excluding hydrogens is 462 g/mol. The number of methoxy groups -OCH3 is 1.